The predicted molar refractivity (Wildman–Crippen MR) is 63.0 cm³/mol. The number of hydrogen-bond donors (Lipinski definition) is 1. The fourth-order valence-electron chi connectivity index (χ4n) is 1.77. The normalized spacial score (nSPS) is 11.1. The van der Waals surface area contributed by atoms with E-state index in [0.717, 1.165) is 6.07 Å². The molecule has 0 aliphatic carbocycles. The van der Waals surface area contributed by atoms with Crippen LogP contribution in [0.3, 0.4) is 0 Å². The molecule has 0 saturated heterocycles. The van der Waals surface area contributed by atoms with E-state index < -0.39 is 17.5 Å². The predicted octanol–water partition coefficient (Wildman–Crippen LogP) is 1.93. The number of carbonyl (C=O) groups is 1. The molecule has 2 aromatic rings. The molecule has 1 aromatic carbocycles. The van der Waals surface area contributed by atoms with Gasteiger partial charge in [-0.05, 0) is 12.1 Å². The summed E-state index contributed by atoms with van der Waals surface area (Å²) in [4.78, 5) is 14.9. The lowest BCUT2D eigenvalue weighted by Crippen LogP contribution is -2.15. The molecule has 0 radical (unpaired) electrons. The van der Waals surface area contributed by atoms with Crippen molar-refractivity contribution in [2.45, 2.75) is 18.8 Å². The van der Waals surface area contributed by atoms with Gasteiger partial charge in [0.15, 0.2) is 11.6 Å². The zero-order valence-corrected chi connectivity index (χ0v) is 10.0. The number of benzene rings is 1. The highest BCUT2D eigenvalue weighted by Crippen LogP contribution is 2.23. The first kappa shape index (κ1) is 12.8. The molecule has 0 fully saturated rings. The molecule has 2 N–H and O–H groups in total. The lowest BCUT2D eigenvalue weighted by atomic mass is 10.3. The summed E-state index contributed by atoms with van der Waals surface area (Å²) in [5, 5.41) is 0. The topological polar surface area (TPSA) is 60.9 Å². The van der Waals surface area contributed by atoms with Crippen LogP contribution in [0.2, 0.25) is 0 Å². The van der Waals surface area contributed by atoms with E-state index in [9.17, 15) is 13.6 Å². The molecule has 2 rings (SSSR count). The maximum Gasteiger partial charge on any atom is 0.219 e. The third kappa shape index (κ3) is 2.15. The fraction of sp³-hybridized carbons (Fsp3) is 0.273. The van der Waals surface area contributed by atoms with Gasteiger partial charge < -0.3 is 10.3 Å². The zero-order chi connectivity index (χ0) is 13.3. The van der Waals surface area contributed by atoms with Crippen LogP contribution in [-0.4, -0.2) is 15.5 Å². The summed E-state index contributed by atoms with van der Waals surface area (Å²) in [5.41, 5.74) is 5.35. The second kappa shape index (κ2) is 4.89. The second-order valence-electron chi connectivity index (χ2n) is 3.76. The lowest BCUT2D eigenvalue weighted by Gasteiger charge is -2.06. The van der Waals surface area contributed by atoms with Crippen molar-refractivity contribution in [3.8, 4) is 0 Å². The molecule has 1 aromatic heterocycles. The van der Waals surface area contributed by atoms with Crippen molar-refractivity contribution in [1.29, 1.82) is 0 Å². The summed E-state index contributed by atoms with van der Waals surface area (Å²) in [6, 6.07) is 2.37. The van der Waals surface area contributed by atoms with E-state index in [4.69, 9.17) is 17.3 Å². The highest BCUT2D eigenvalue weighted by atomic mass is 35.5. The van der Waals surface area contributed by atoms with Gasteiger partial charge in [0.2, 0.25) is 5.91 Å². The smallest absolute Gasteiger partial charge is 0.219 e. The van der Waals surface area contributed by atoms with E-state index in [2.05, 4.69) is 4.98 Å². The first-order valence-corrected chi connectivity index (χ1v) is 5.75. The van der Waals surface area contributed by atoms with Gasteiger partial charge in [-0.1, -0.05) is 0 Å². The van der Waals surface area contributed by atoms with Crippen LogP contribution in [0.5, 0.6) is 0 Å². The minimum absolute atomic E-state index is 0.00526. The second-order valence-corrected chi connectivity index (χ2v) is 4.03. The van der Waals surface area contributed by atoms with E-state index in [1.807, 2.05) is 0 Å². The quantitative estimate of drug-likeness (QED) is 0.865. The van der Waals surface area contributed by atoms with Crippen molar-refractivity contribution in [3.63, 3.8) is 0 Å². The summed E-state index contributed by atoms with van der Waals surface area (Å²) in [5.74, 6) is -2.09. The highest BCUT2D eigenvalue weighted by Gasteiger charge is 2.17. The van der Waals surface area contributed by atoms with Crippen LogP contribution in [-0.2, 0) is 17.2 Å². The van der Waals surface area contributed by atoms with Gasteiger partial charge in [-0.2, -0.15) is 0 Å². The van der Waals surface area contributed by atoms with Crippen molar-refractivity contribution in [2.75, 3.05) is 0 Å². The van der Waals surface area contributed by atoms with Gasteiger partial charge in [0.05, 0.1) is 11.4 Å². The molecule has 1 amide bonds. The molecule has 96 valence electrons. The van der Waals surface area contributed by atoms with Gasteiger partial charge in [-0.3, -0.25) is 4.79 Å². The Balaban J connectivity index is 2.59. The van der Waals surface area contributed by atoms with Gasteiger partial charge >= 0.3 is 0 Å². The summed E-state index contributed by atoms with van der Waals surface area (Å²) >= 11 is 5.70. The molecule has 0 saturated carbocycles. The average Bonchev–Trinajstić information content (AvgIpc) is 2.69. The van der Waals surface area contributed by atoms with Crippen LogP contribution in [0.1, 0.15) is 12.2 Å². The number of aromatic nitrogens is 2. The van der Waals surface area contributed by atoms with Crippen molar-refractivity contribution in [1.82, 2.24) is 9.55 Å². The summed E-state index contributed by atoms with van der Waals surface area (Å²) in [7, 11) is 0. The van der Waals surface area contributed by atoms with Gasteiger partial charge in [-0.25, -0.2) is 13.8 Å². The number of carbonyl (C=O) groups excluding carboxylic acids is 1. The number of fused-ring (bicyclic) bond motifs is 1. The molecule has 7 heteroatoms. The largest absolute Gasteiger partial charge is 0.370 e. The molecular weight excluding hydrogens is 264 g/mol. The number of hydrogen-bond acceptors (Lipinski definition) is 2. The molecular formula is C11H10ClF2N3O. The number of halogens is 3. The minimum atomic E-state index is -0.999. The van der Waals surface area contributed by atoms with Crippen LogP contribution in [0.15, 0.2) is 12.1 Å². The molecule has 0 unspecified atom stereocenters. The highest BCUT2D eigenvalue weighted by molar-refractivity contribution is 6.16. The van der Waals surface area contributed by atoms with Crippen molar-refractivity contribution in [3.05, 3.63) is 29.6 Å². The van der Waals surface area contributed by atoms with E-state index in [0.29, 0.717) is 11.3 Å². The van der Waals surface area contributed by atoms with Crippen LogP contribution >= 0.6 is 11.6 Å². The van der Waals surface area contributed by atoms with Gasteiger partial charge in [0.1, 0.15) is 11.3 Å². The first-order chi connectivity index (χ1) is 8.54. The molecule has 4 nitrogen and oxygen atoms in total. The molecule has 18 heavy (non-hydrogen) atoms. The Labute approximate surface area is 106 Å². The number of amides is 1. The number of rotatable bonds is 4. The number of alkyl halides is 1. The molecule has 0 bridgehead atoms. The molecule has 0 spiro atoms. The van der Waals surface area contributed by atoms with Gasteiger partial charge in [0.25, 0.3) is 0 Å². The standard InChI is InChI=1S/C11H10ClF2N3O/c12-5-9-16-7-2-1-6(13)10(14)11(7)17(9)4-3-8(15)18/h1-2H,3-5H2,(H2,15,18). The van der Waals surface area contributed by atoms with E-state index in [-0.39, 0.29) is 24.4 Å². The third-order valence-electron chi connectivity index (χ3n) is 2.58. The van der Waals surface area contributed by atoms with Crippen LogP contribution in [0, 0.1) is 11.6 Å². The van der Waals surface area contributed by atoms with E-state index in [1.54, 1.807) is 0 Å². The molecule has 0 atom stereocenters. The third-order valence-corrected chi connectivity index (χ3v) is 2.82. The fourth-order valence-corrected chi connectivity index (χ4v) is 1.97. The maximum atomic E-state index is 13.7. The van der Waals surface area contributed by atoms with E-state index in [1.165, 1.54) is 10.6 Å². The number of nitrogens with two attached hydrogens (primary N) is 1. The summed E-state index contributed by atoms with van der Waals surface area (Å²) in [6.45, 7) is 0.119. The van der Waals surface area contributed by atoms with Crippen molar-refractivity contribution < 1.29 is 13.6 Å². The Bertz CT molecular complexity index is 612. The molecule has 0 aliphatic heterocycles. The molecule has 0 aliphatic rings. The SMILES string of the molecule is NC(=O)CCn1c(CCl)nc2ccc(F)c(F)c21. The number of nitrogens with zero attached hydrogens (tertiary/aromatic N) is 2. The zero-order valence-electron chi connectivity index (χ0n) is 9.29. The number of aryl methyl sites for hydroxylation is 1. The Kier molecular flexibility index (Phi) is 3.47. The Morgan fingerprint density at radius 2 is 2.17 bits per heavy atom. The number of primary amides is 1. The van der Waals surface area contributed by atoms with Gasteiger partial charge in [0, 0.05) is 13.0 Å². The Morgan fingerprint density at radius 1 is 1.44 bits per heavy atom. The van der Waals surface area contributed by atoms with Crippen molar-refractivity contribution in [2.24, 2.45) is 5.73 Å². The van der Waals surface area contributed by atoms with Crippen LogP contribution < -0.4 is 5.73 Å². The van der Waals surface area contributed by atoms with Crippen molar-refractivity contribution >= 4 is 28.5 Å². The minimum Gasteiger partial charge on any atom is -0.370 e. The monoisotopic (exact) mass is 273 g/mol. The van der Waals surface area contributed by atoms with Crippen LogP contribution in [0.4, 0.5) is 8.78 Å². The number of imidazole rings is 1. The Hall–Kier alpha value is -1.69. The van der Waals surface area contributed by atoms with E-state index >= 15 is 0 Å². The molecule has 1 heterocycles. The first-order valence-electron chi connectivity index (χ1n) is 5.22. The van der Waals surface area contributed by atoms with Gasteiger partial charge in [-0.15, -0.1) is 11.6 Å². The summed E-state index contributed by atoms with van der Waals surface area (Å²) < 4.78 is 28.3. The average molecular weight is 274 g/mol. The Morgan fingerprint density at radius 3 is 2.78 bits per heavy atom. The van der Waals surface area contributed by atoms with Crippen LogP contribution in [0.25, 0.3) is 11.0 Å². The maximum absolute atomic E-state index is 13.7. The summed E-state index contributed by atoms with van der Waals surface area (Å²) in [6.07, 6.45) is 0.00526. The lowest BCUT2D eigenvalue weighted by molar-refractivity contribution is -0.118.